The number of nitrogens with zero attached hydrogens (tertiary/aromatic N) is 1. The number of nitrogens with one attached hydrogen (secondary N) is 1. The minimum Gasteiger partial charge on any atom is -0.494 e. The summed E-state index contributed by atoms with van der Waals surface area (Å²) in [6.45, 7) is 7.58. The quantitative estimate of drug-likeness (QED) is 0.747. The lowest BCUT2D eigenvalue weighted by Crippen LogP contribution is -2.43. The monoisotopic (exact) mass is 322 g/mol. The lowest BCUT2D eigenvalue weighted by molar-refractivity contribution is -0.130. The first-order chi connectivity index (χ1) is 10.7. The summed E-state index contributed by atoms with van der Waals surface area (Å²) in [5, 5.41) is 3.34. The Kier molecular flexibility index (Phi) is 7.06. The van der Waals surface area contributed by atoms with Crippen LogP contribution in [0.4, 0.5) is 0 Å². The van der Waals surface area contributed by atoms with Gasteiger partial charge in [-0.1, -0.05) is 6.92 Å². The Morgan fingerprint density at radius 1 is 1.36 bits per heavy atom. The van der Waals surface area contributed by atoms with Crippen LogP contribution in [0.5, 0.6) is 5.75 Å². The Hall–Kier alpha value is -1.20. The van der Waals surface area contributed by atoms with E-state index in [1.165, 1.54) is 0 Å². The number of carbonyl (C=O) groups excluding carboxylic acids is 1. The van der Waals surface area contributed by atoms with Crippen LogP contribution in [0, 0.1) is 0 Å². The molecule has 1 aliphatic heterocycles. The minimum atomic E-state index is 0.245. The number of thioether (sulfide) groups is 1. The maximum atomic E-state index is 12.5. The van der Waals surface area contributed by atoms with Crippen molar-refractivity contribution in [3.05, 3.63) is 24.3 Å². The number of amides is 1. The topological polar surface area (TPSA) is 41.6 Å². The van der Waals surface area contributed by atoms with Gasteiger partial charge in [0, 0.05) is 24.0 Å². The van der Waals surface area contributed by atoms with E-state index < -0.39 is 0 Å². The largest absolute Gasteiger partial charge is 0.494 e. The molecule has 1 heterocycles. The lowest BCUT2D eigenvalue weighted by atomic mass is 10.2. The van der Waals surface area contributed by atoms with E-state index in [0.29, 0.717) is 18.4 Å². The number of hydrogen-bond acceptors (Lipinski definition) is 4. The van der Waals surface area contributed by atoms with Gasteiger partial charge in [-0.2, -0.15) is 0 Å². The van der Waals surface area contributed by atoms with Crippen molar-refractivity contribution in [1.82, 2.24) is 10.2 Å². The van der Waals surface area contributed by atoms with Crippen LogP contribution in [0.2, 0.25) is 0 Å². The van der Waals surface area contributed by atoms with Crippen molar-refractivity contribution in [2.75, 3.05) is 32.0 Å². The number of benzene rings is 1. The molecule has 1 aliphatic rings. The van der Waals surface area contributed by atoms with E-state index in [4.69, 9.17) is 4.74 Å². The highest BCUT2D eigenvalue weighted by molar-refractivity contribution is 8.00. The van der Waals surface area contributed by atoms with Gasteiger partial charge in [-0.3, -0.25) is 4.79 Å². The van der Waals surface area contributed by atoms with E-state index >= 15 is 0 Å². The van der Waals surface area contributed by atoms with Crippen molar-refractivity contribution < 1.29 is 9.53 Å². The highest BCUT2D eigenvalue weighted by Crippen LogP contribution is 2.22. The lowest BCUT2D eigenvalue weighted by Gasteiger charge is -2.28. The van der Waals surface area contributed by atoms with Gasteiger partial charge in [0.25, 0.3) is 0 Å². The third-order valence-corrected chi connectivity index (χ3v) is 4.75. The van der Waals surface area contributed by atoms with Gasteiger partial charge in [-0.15, -0.1) is 11.8 Å². The van der Waals surface area contributed by atoms with Crippen LogP contribution in [-0.2, 0) is 4.79 Å². The van der Waals surface area contributed by atoms with Crippen LogP contribution >= 0.6 is 11.8 Å². The molecule has 0 radical (unpaired) electrons. The van der Waals surface area contributed by atoms with E-state index in [-0.39, 0.29) is 5.91 Å². The van der Waals surface area contributed by atoms with Gasteiger partial charge < -0.3 is 15.0 Å². The molecule has 0 aliphatic carbocycles. The maximum Gasteiger partial charge on any atom is 0.233 e. The molecule has 1 atom stereocenters. The molecule has 1 unspecified atom stereocenters. The average Bonchev–Trinajstić information content (AvgIpc) is 3.06. The summed E-state index contributed by atoms with van der Waals surface area (Å²) in [5.41, 5.74) is 0. The molecule has 1 aromatic carbocycles. The average molecular weight is 322 g/mol. The first-order valence-corrected chi connectivity index (χ1v) is 9.09. The fourth-order valence-electron chi connectivity index (χ4n) is 2.68. The molecule has 22 heavy (non-hydrogen) atoms. The third kappa shape index (κ3) is 4.92. The molecule has 0 saturated carbocycles. The molecule has 2 rings (SSSR count). The molecule has 0 aromatic heterocycles. The van der Waals surface area contributed by atoms with Gasteiger partial charge in [0.2, 0.25) is 5.91 Å². The second kappa shape index (κ2) is 9.06. The molecule has 4 nitrogen and oxygen atoms in total. The van der Waals surface area contributed by atoms with E-state index in [0.717, 1.165) is 43.1 Å². The standard InChI is InChI=1S/C17H26N2O2S/c1-3-11-19(14-9-10-18-12-14)17(20)13-22-16-7-5-15(6-8-16)21-4-2/h5-8,14,18H,3-4,9-13H2,1-2H3. The van der Waals surface area contributed by atoms with E-state index in [9.17, 15) is 4.79 Å². The second-order valence-corrected chi connectivity index (χ2v) is 6.48. The molecule has 1 amide bonds. The smallest absolute Gasteiger partial charge is 0.233 e. The van der Waals surface area contributed by atoms with Crippen LogP contribution in [0.15, 0.2) is 29.2 Å². The first-order valence-electron chi connectivity index (χ1n) is 8.10. The van der Waals surface area contributed by atoms with Crippen LogP contribution in [-0.4, -0.2) is 48.8 Å². The Balaban J connectivity index is 1.86. The summed E-state index contributed by atoms with van der Waals surface area (Å²) in [6, 6.07) is 8.32. The summed E-state index contributed by atoms with van der Waals surface area (Å²) in [6.07, 6.45) is 2.08. The summed E-state index contributed by atoms with van der Waals surface area (Å²) < 4.78 is 5.43. The van der Waals surface area contributed by atoms with Crippen molar-refractivity contribution in [1.29, 1.82) is 0 Å². The molecular formula is C17H26N2O2S. The minimum absolute atomic E-state index is 0.245. The first kappa shape index (κ1) is 17.2. The molecule has 5 heteroatoms. The van der Waals surface area contributed by atoms with Gasteiger partial charge in [0.05, 0.1) is 12.4 Å². The zero-order valence-corrected chi connectivity index (χ0v) is 14.3. The SMILES string of the molecule is CCCN(C(=O)CSc1ccc(OCC)cc1)C1CCNC1. The molecule has 1 aromatic rings. The molecule has 1 N–H and O–H groups in total. The number of hydrogen-bond donors (Lipinski definition) is 1. The predicted octanol–water partition coefficient (Wildman–Crippen LogP) is 2.78. The summed E-state index contributed by atoms with van der Waals surface area (Å²) >= 11 is 1.60. The molecule has 0 spiro atoms. The van der Waals surface area contributed by atoms with Crippen LogP contribution in [0.3, 0.4) is 0 Å². The van der Waals surface area contributed by atoms with Gasteiger partial charge in [0.1, 0.15) is 5.75 Å². The van der Waals surface area contributed by atoms with E-state index in [1.807, 2.05) is 31.2 Å². The van der Waals surface area contributed by atoms with Crippen molar-refractivity contribution in [2.45, 2.75) is 37.6 Å². The Labute approximate surface area is 137 Å². The maximum absolute atomic E-state index is 12.5. The highest BCUT2D eigenvalue weighted by Gasteiger charge is 2.25. The Morgan fingerprint density at radius 2 is 2.14 bits per heavy atom. The fourth-order valence-corrected chi connectivity index (χ4v) is 3.47. The zero-order valence-electron chi connectivity index (χ0n) is 13.5. The number of rotatable bonds is 8. The van der Waals surface area contributed by atoms with Gasteiger partial charge >= 0.3 is 0 Å². The normalized spacial score (nSPS) is 17.5. The number of ether oxygens (including phenoxy) is 1. The van der Waals surface area contributed by atoms with Gasteiger partial charge in [-0.25, -0.2) is 0 Å². The van der Waals surface area contributed by atoms with Crippen molar-refractivity contribution in [3.8, 4) is 5.75 Å². The highest BCUT2D eigenvalue weighted by atomic mass is 32.2. The zero-order chi connectivity index (χ0) is 15.8. The molecular weight excluding hydrogens is 296 g/mol. The van der Waals surface area contributed by atoms with Crippen molar-refractivity contribution >= 4 is 17.7 Å². The molecule has 0 bridgehead atoms. The Bertz CT molecular complexity index is 458. The molecule has 1 saturated heterocycles. The predicted molar refractivity (Wildman–Crippen MR) is 91.6 cm³/mol. The van der Waals surface area contributed by atoms with Crippen LogP contribution in [0.1, 0.15) is 26.7 Å². The number of carbonyl (C=O) groups is 1. The molecule has 122 valence electrons. The van der Waals surface area contributed by atoms with E-state index in [2.05, 4.69) is 17.1 Å². The van der Waals surface area contributed by atoms with Crippen molar-refractivity contribution in [2.24, 2.45) is 0 Å². The van der Waals surface area contributed by atoms with Gasteiger partial charge in [0.15, 0.2) is 0 Å². The summed E-state index contributed by atoms with van der Waals surface area (Å²) in [4.78, 5) is 15.7. The van der Waals surface area contributed by atoms with Crippen LogP contribution in [0.25, 0.3) is 0 Å². The fraction of sp³-hybridized carbons (Fsp3) is 0.588. The summed E-state index contributed by atoms with van der Waals surface area (Å²) in [5.74, 6) is 1.63. The van der Waals surface area contributed by atoms with E-state index in [1.54, 1.807) is 11.8 Å². The van der Waals surface area contributed by atoms with Crippen LogP contribution < -0.4 is 10.1 Å². The van der Waals surface area contributed by atoms with Gasteiger partial charge in [-0.05, 0) is 50.6 Å². The second-order valence-electron chi connectivity index (χ2n) is 5.43. The van der Waals surface area contributed by atoms with Crippen molar-refractivity contribution in [3.63, 3.8) is 0 Å². The third-order valence-electron chi connectivity index (χ3n) is 3.76. The Morgan fingerprint density at radius 3 is 2.73 bits per heavy atom. The molecule has 1 fully saturated rings. The summed E-state index contributed by atoms with van der Waals surface area (Å²) in [7, 11) is 0.